The average molecular weight is 416 g/mol. The van der Waals surface area contributed by atoms with E-state index in [0.717, 1.165) is 42.5 Å². The van der Waals surface area contributed by atoms with Gasteiger partial charge in [-0.15, -0.1) is 0 Å². The highest BCUT2D eigenvalue weighted by Gasteiger charge is 2.20. The highest BCUT2D eigenvalue weighted by atomic mass is 35.5. The Morgan fingerprint density at radius 2 is 1.50 bits per heavy atom. The first-order valence-electron chi connectivity index (χ1n) is 9.35. The second-order valence-electron chi connectivity index (χ2n) is 6.65. The molecule has 0 saturated heterocycles. The molecule has 0 aliphatic rings. The summed E-state index contributed by atoms with van der Waals surface area (Å²) in [6.45, 7) is 2.70. The highest BCUT2D eigenvalue weighted by molar-refractivity contribution is 6.31. The molecule has 0 amide bonds. The summed E-state index contributed by atoms with van der Waals surface area (Å²) < 4.78 is 1.75. The molecule has 0 atom stereocenters. The predicted molar refractivity (Wildman–Crippen MR) is 112 cm³/mol. The monoisotopic (exact) mass is 415 g/mol. The fourth-order valence-corrected chi connectivity index (χ4v) is 3.48. The summed E-state index contributed by atoms with van der Waals surface area (Å²) in [5, 5.41) is 13.0. The summed E-state index contributed by atoms with van der Waals surface area (Å²) in [7, 11) is 0. The number of unbranched alkanes of at least 4 members (excludes halogenated alkanes) is 3. The van der Waals surface area contributed by atoms with Gasteiger partial charge in [0.15, 0.2) is 5.82 Å². The number of halogens is 2. The van der Waals surface area contributed by atoms with Crippen LogP contribution in [-0.2, 0) is 6.54 Å². The average Bonchev–Trinajstić information content (AvgIpc) is 3.06. The number of imidazole rings is 1. The van der Waals surface area contributed by atoms with Crippen LogP contribution in [0.5, 0.6) is 0 Å². The van der Waals surface area contributed by atoms with E-state index in [1.165, 1.54) is 0 Å². The molecule has 0 N–H and O–H groups in total. The van der Waals surface area contributed by atoms with Gasteiger partial charge in [0.1, 0.15) is 5.97 Å². The molecule has 0 spiro atoms. The van der Waals surface area contributed by atoms with E-state index in [1.807, 2.05) is 24.3 Å². The molecule has 6 heteroatoms. The minimum atomic E-state index is -1.29. The molecule has 1 aromatic heterocycles. The van der Waals surface area contributed by atoms with E-state index in [4.69, 9.17) is 23.2 Å². The maximum Gasteiger partial charge on any atom is 0.156 e. The van der Waals surface area contributed by atoms with E-state index in [0.29, 0.717) is 22.3 Å². The van der Waals surface area contributed by atoms with Crippen LogP contribution in [0.4, 0.5) is 0 Å². The molecule has 3 aromatic rings. The van der Waals surface area contributed by atoms with Crippen molar-refractivity contribution in [3.05, 3.63) is 64.4 Å². The SMILES string of the molecule is CCCCCCn1c(C(=O)[O-])nc(-c2ccc(Cl)cc2)c1-c1ccc(Cl)cc1. The first-order chi connectivity index (χ1) is 13.5. The summed E-state index contributed by atoms with van der Waals surface area (Å²) in [6, 6.07) is 14.5. The zero-order chi connectivity index (χ0) is 20.1. The van der Waals surface area contributed by atoms with Crippen molar-refractivity contribution >= 4 is 29.2 Å². The van der Waals surface area contributed by atoms with E-state index in [-0.39, 0.29) is 5.82 Å². The number of rotatable bonds is 8. The first-order valence-corrected chi connectivity index (χ1v) is 10.1. The van der Waals surface area contributed by atoms with Gasteiger partial charge < -0.3 is 14.5 Å². The lowest BCUT2D eigenvalue weighted by Crippen LogP contribution is -2.27. The lowest BCUT2D eigenvalue weighted by atomic mass is 10.0. The van der Waals surface area contributed by atoms with Crippen LogP contribution in [0.3, 0.4) is 0 Å². The van der Waals surface area contributed by atoms with Gasteiger partial charge in [0, 0.05) is 27.7 Å². The lowest BCUT2D eigenvalue weighted by Gasteiger charge is -2.14. The molecule has 0 unspecified atom stereocenters. The second-order valence-corrected chi connectivity index (χ2v) is 7.52. The van der Waals surface area contributed by atoms with Crippen molar-refractivity contribution in [2.75, 3.05) is 0 Å². The van der Waals surface area contributed by atoms with Crippen LogP contribution in [0.2, 0.25) is 10.0 Å². The first kappa shape index (κ1) is 20.4. The van der Waals surface area contributed by atoms with Crippen LogP contribution < -0.4 is 5.11 Å². The summed E-state index contributed by atoms with van der Waals surface area (Å²) in [6.07, 6.45) is 4.11. The number of nitrogens with zero attached hydrogens (tertiary/aromatic N) is 2. The number of benzene rings is 2. The zero-order valence-corrected chi connectivity index (χ0v) is 17.1. The smallest absolute Gasteiger partial charge is 0.156 e. The molecule has 0 aliphatic heterocycles. The molecular formula is C22H21Cl2N2O2-. The molecule has 0 radical (unpaired) electrons. The van der Waals surface area contributed by atoms with Gasteiger partial charge in [-0.05, 0) is 30.7 Å². The topological polar surface area (TPSA) is 58.0 Å². The summed E-state index contributed by atoms with van der Waals surface area (Å²) in [5.41, 5.74) is 2.98. The van der Waals surface area contributed by atoms with Gasteiger partial charge in [-0.2, -0.15) is 0 Å². The Bertz CT molecular complexity index is 948. The van der Waals surface area contributed by atoms with Crippen molar-refractivity contribution in [2.45, 2.75) is 39.2 Å². The molecule has 0 fully saturated rings. The van der Waals surface area contributed by atoms with Crippen LogP contribution in [0.15, 0.2) is 48.5 Å². The van der Waals surface area contributed by atoms with Gasteiger partial charge in [0.05, 0.1) is 11.4 Å². The van der Waals surface area contributed by atoms with Crippen LogP contribution in [0.1, 0.15) is 43.2 Å². The van der Waals surface area contributed by atoms with Crippen molar-refractivity contribution in [1.29, 1.82) is 0 Å². The van der Waals surface area contributed by atoms with Crippen molar-refractivity contribution in [3.8, 4) is 22.5 Å². The minimum absolute atomic E-state index is 0.0635. The Hall–Kier alpha value is -2.30. The maximum absolute atomic E-state index is 11.8. The van der Waals surface area contributed by atoms with E-state index in [2.05, 4.69) is 11.9 Å². The van der Waals surface area contributed by atoms with Crippen molar-refractivity contribution < 1.29 is 9.90 Å². The quantitative estimate of drug-likeness (QED) is 0.458. The number of hydrogen-bond acceptors (Lipinski definition) is 3. The van der Waals surface area contributed by atoms with Crippen LogP contribution in [0.25, 0.3) is 22.5 Å². The minimum Gasteiger partial charge on any atom is -0.542 e. The van der Waals surface area contributed by atoms with E-state index in [9.17, 15) is 9.90 Å². The molecule has 28 heavy (non-hydrogen) atoms. The number of carboxylic acids is 1. The molecule has 1 heterocycles. The van der Waals surface area contributed by atoms with Gasteiger partial charge in [-0.25, -0.2) is 4.98 Å². The van der Waals surface area contributed by atoms with Crippen LogP contribution in [0, 0.1) is 0 Å². The summed E-state index contributed by atoms with van der Waals surface area (Å²) in [5.74, 6) is -1.35. The molecule has 3 rings (SSSR count). The molecule has 2 aromatic carbocycles. The second kappa shape index (κ2) is 9.26. The Kier molecular flexibility index (Phi) is 6.76. The van der Waals surface area contributed by atoms with Gasteiger partial charge in [0.25, 0.3) is 0 Å². The fraction of sp³-hybridized carbons (Fsp3) is 0.273. The van der Waals surface area contributed by atoms with Crippen molar-refractivity contribution in [3.63, 3.8) is 0 Å². The Labute approximate surface area is 174 Å². The Morgan fingerprint density at radius 1 is 0.929 bits per heavy atom. The number of carbonyl (C=O) groups is 1. The number of carbonyl (C=O) groups excluding carboxylic acids is 1. The molecule has 146 valence electrons. The number of aromatic carboxylic acids is 1. The van der Waals surface area contributed by atoms with Gasteiger partial charge in [0.2, 0.25) is 0 Å². The van der Waals surface area contributed by atoms with Crippen molar-refractivity contribution in [2.24, 2.45) is 0 Å². The van der Waals surface area contributed by atoms with E-state index >= 15 is 0 Å². The van der Waals surface area contributed by atoms with Crippen molar-refractivity contribution in [1.82, 2.24) is 9.55 Å². The third-order valence-electron chi connectivity index (χ3n) is 4.62. The largest absolute Gasteiger partial charge is 0.542 e. The maximum atomic E-state index is 11.8. The standard InChI is InChI=1S/C22H22Cl2N2O2/c1-2-3-4-5-14-26-20(16-8-12-18(24)13-9-16)19(25-21(26)22(27)28)15-6-10-17(23)11-7-15/h6-13H,2-5,14H2,1H3,(H,27,28)/p-1. The van der Waals surface area contributed by atoms with Gasteiger partial charge >= 0.3 is 0 Å². The Morgan fingerprint density at radius 3 is 2.04 bits per heavy atom. The molecule has 4 nitrogen and oxygen atoms in total. The molecule has 0 aliphatic carbocycles. The van der Waals surface area contributed by atoms with Crippen LogP contribution in [-0.4, -0.2) is 15.5 Å². The number of carboxylic acid groups (broad SMARTS) is 1. The number of aromatic nitrogens is 2. The number of hydrogen-bond donors (Lipinski definition) is 0. The van der Waals surface area contributed by atoms with E-state index < -0.39 is 5.97 Å². The lowest BCUT2D eigenvalue weighted by molar-refractivity contribution is -0.256. The van der Waals surface area contributed by atoms with Gasteiger partial charge in [-0.1, -0.05) is 73.7 Å². The van der Waals surface area contributed by atoms with Crippen LogP contribution >= 0.6 is 23.2 Å². The molecule has 0 saturated carbocycles. The van der Waals surface area contributed by atoms with Gasteiger partial charge in [-0.3, -0.25) is 0 Å². The third-order valence-corrected chi connectivity index (χ3v) is 5.12. The Balaban J connectivity index is 2.15. The molecular weight excluding hydrogens is 395 g/mol. The summed E-state index contributed by atoms with van der Waals surface area (Å²) >= 11 is 12.1. The highest BCUT2D eigenvalue weighted by Crippen LogP contribution is 2.34. The fourth-order valence-electron chi connectivity index (χ4n) is 3.23. The zero-order valence-electron chi connectivity index (χ0n) is 15.6. The normalized spacial score (nSPS) is 11.0. The summed E-state index contributed by atoms with van der Waals surface area (Å²) in [4.78, 5) is 16.2. The predicted octanol–water partition coefficient (Wildman–Crippen LogP) is 5.47. The van der Waals surface area contributed by atoms with E-state index in [1.54, 1.807) is 28.8 Å². The molecule has 0 bridgehead atoms. The third kappa shape index (κ3) is 4.57.